The maximum absolute atomic E-state index is 12.9. The highest BCUT2D eigenvalue weighted by molar-refractivity contribution is 5.93. The number of nitriles is 1. The molecule has 0 aliphatic carbocycles. The predicted molar refractivity (Wildman–Crippen MR) is 117 cm³/mol. The number of carbonyl (C=O) groups is 1. The van der Waals surface area contributed by atoms with Crippen LogP contribution in [0, 0.1) is 18.3 Å². The first kappa shape index (κ1) is 20.2. The number of anilines is 1. The number of hydrogen-bond acceptors (Lipinski definition) is 7. The Hall–Kier alpha value is -3.77. The second-order valence-electron chi connectivity index (χ2n) is 7.94. The van der Waals surface area contributed by atoms with Crippen LogP contribution in [0.3, 0.4) is 0 Å². The van der Waals surface area contributed by atoms with Crippen LogP contribution in [0.25, 0.3) is 5.69 Å². The van der Waals surface area contributed by atoms with Gasteiger partial charge in [-0.25, -0.2) is 9.67 Å². The van der Waals surface area contributed by atoms with Crippen molar-refractivity contribution in [3.8, 4) is 11.8 Å². The Labute approximate surface area is 185 Å². The number of pyridine rings is 1. The van der Waals surface area contributed by atoms with Crippen LogP contribution in [-0.4, -0.2) is 63.6 Å². The Morgan fingerprint density at radius 1 is 1.16 bits per heavy atom. The average Bonchev–Trinajstić information content (AvgIpc) is 3.24. The molecule has 4 heterocycles. The van der Waals surface area contributed by atoms with Crippen LogP contribution in [0.1, 0.15) is 32.9 Å². The molecular weight excluding hydrogens is 406 g/mol. The Balaban J connectivity index is 1.42. The summed E-state index contributed by atoms with van der Waals surface area (Å²) in [6.07, 6.45) is 2.42. The standard InChI is InChI=1S/C23H23N7O2/c1-16-22(23(31)28-9-11-32-12-10-28)26-27-30(16)20-4-2-3-18-15-29(8-7-19(18)20)21-6-5-17(13-24)14-25-21/h2-6,14H,7-12,15H2,1H3. The number of morpholine rings is 1. The SMILES string of the molecule is Cc1c(C(=O)N2CCOCC2)nnn1-c1cccc2c1CCN(c1ccc(C#N)cn1)C2. The lowest BCUT2D eigenvalue weighted by atomic mass is 9.97. The Morgan fingerprint density at radius 2 is 2.00 bits per heavy atom. The predicted octanol–water partition coefficient (Wildman–Crippen LogP) is 1.88. The summed E-state index contributed by atoms with van der Waals surface area (Å²) in [5.41, 5.74) is 5.04. The van der Waals surface area contributed by atoms with Crippen LogP contribution in [0.15, 0.2) is 36.5 Å². The van der Waals surface area contributed by atoms with Gasteiger partial charge in [0.2, 0.25) is 0 Å². The zero-order valence-corrected chi connectivity index (χ0v) is 17.9. The highest BCUT2D eigenvalue weighted by Gasteiger charge is 2.26. The largest absolute Gasteiger partial charge is 0.378 e. The molecule has 2 aromatic heterocycles. The van der Waals surface area contributed by atoms with Gasteiger partial charge in [0.25, 0.3) is 5.91 Å². The van der Waals surface area contributed by atoms with Crippen LogP contribution in [-0.2, 0) is 17.7 Å². The second kappa shape index (κ2) is 8.40. The van der Waals surface area contributed by atoms with Crippen LogP contribution in [0.2, 0.25) is 0 Å². The quantitative estimate of drug-likeness (QED) is 0.627. The van der Waals surface area contributed by atoms with Crippen molar-refractivity contribution in [1.29, 1.82) is 5.26 Å². The molecule has 9 heteroatoms. The Morgan fingerprint density at radius 3 is 2.75 bits per heavy atom. The van der Waals surface area contributed by atoms with Crippen molar-refractivity contribution in [2.45, 2.75) is 19.9 Å². The summed E-state index contributed by atoms with van der Waals surface area (Å²) >= 11 is 0. The smallest absolute Gasteiger partial charge is 0.276 e. The van der Waals surface area contributed by atoms with Crippen LogP contribution >= 0.6 is 0 Å². The summed E-state index contributed by atoms with van der Waals surface area (Å²) in [6, 6.07) is 11.9. The van der Waals surface area contributed by atoms with Gasteiger partial charge in [-0.3, -0.25) is 4.79 Å². The molecule has 1 fully saturated rings. The lowest BCUT2D eigenvalue weighted by Gasteiger charge is -2.31. The molecule has 2 aliphatic heterocycles. The maximum Gasteiger partial charge on any atom is 0.276 e. The fraction of sp³-hybridized carbons (Fsp3) is 0.348. The molecule has 32 heavy (non-hydrogen) atoms. The fourth-order valence-corrected chi connectivity index (χ4v) is 4.29. The van der Waals surface area contributed by atoms with E-state index in [1.807, 2.05) is 25.1 Å². The van der Waals surface area contributed by atoms with E-state index in [0.29, 0.717) is 37.6 Å². The molecule has 0 saturated carbocycles. The van der Waals surface area contributed by atoms with Gasteiger partial charge in [-0.1, -0.05) is 17.3 Å². The van der Waals surface area contributed by atoms with Gasteiger partial charge in [0.1, 0.15) is 11.9 Å². The zero-order valence-electron chi connectivity index (χ0n) is 17.9. The number of aromatic nitrogens is 4. The molecule has 0 atom stereocenters. The Kier molecular flexibility index (Phi) is 5.29. The monoisotopic (exact) mass is 429 g/mol. The maximum atomic E-state index is 12.9. The molecular formula is C23H23N7O2. The van der Waals surface area contributed by atoms with Crippen molar-refractivity contribution in [2.24, 2.45) is 0 Å². The number of carbonyl (C=O) groups excluding carboxylic acids is 1. The van der Waals surface area contributed by atoms with Crippen molar-refractivity contribution in [2.75, 3.05) is 37.7 Å². The van der Waals surface area contributed by atoms with Gasteiger partial charge in [0.05, 0.1) is 30.2 Å². The summed E-state index contributed by atoms with van der Waals surface area (Å²) in [7, 11) is 0. The number of fused-ring (bicyclic) bond motifs is 1. The molecule has 5 rings (SSSR count). The van der Waals surface area contributed by atoms with Crippen molar-refractivity contribution < 1.29 is 9.53 Å². The third-order valence-electron chi connectivity index (χ3n) is 6.07. The van der Waals surface area contributed by atoms with E-state index in [1.165, 1.54) is 11.1 Å². The van der Waals surface area contributed by atoms with Crippen LogP contribution < -0.4 is 4.90 Å². The topological polar surface area (TPSA) is 100 Å². The van der Waals surface area contributed by atoms with Gasteiger partial charge < -0.3 is 14.5 Å². The summed E-state index contributed by atoms with van der Waals surface area (Å²) < 4.78 is 7.13. The number of rotatable bonds is 3. The van der Waals surface area contributed by atoms with E-state index in [4.69, 9.17) is 10.00 Å². The first-order valence-electron chi connectivity index (χ1n) is 10.7. The van der Waals surface area contributed by atoms with Crippen molar-refractivity contribution in [3.05, 3.63) is 64.6 Å². The summed E-state index contributed by atoms with van der Waals surface area (Å²) in [5.74, 6) is 0.760. The van der Waals surface area contributed by atoms with Gasteiger partial charge in [0, 0.05) is 32.4 Å². The van der Waals surface area contributed by atoms with Gasteiger partial charge in [-0.15, -0.1) is 5.10 Å². The van der Waals surface area contributed by atoms with E-state index in [0.717, 1.165) is 36.7 Å². The number of hydrogen-bond donors (Lipinski definition) is 0. The van der Waals surface area contributed by atoms with E-state index in [9.17, 15) is 4.79 Å². The second-order valence-corrected chi connectivity index (χ2v) is 7.94. The lowest BCUT2D eigenvalue weighted by molar-refractivity contribution is 0.0298. The van der Waals surface area contributed by atoms with Gasteiger partial charge >= 0.3 is 0 Å². The molecule has 0 radical (unpaired) electrons. The first-order chi connectivity index (χ1) is 15.7. The van der Waals surface area contributed by atoms with Crippen molar-refractivity contribution in [1.82, 2.24) is 24.9 Å². The van der Waals surface area contributed by atoms with E-state index < -0.39 is 0 Å². The lowest BCUT2D eigenvalue weighted by Crippen LogP contribution is -2.41. The Bertz CT molecular complexity index is 1190. The molecule has 1 aromatic carbocycles. The van der Waals surface area contributed by atoms with E-state index in [1.54, 1.807) is 21.8 Å². The summed E-state index contributed by atoms with van der Waals surface area (Å²) in [4.78, 5) is 21.3. The van der Waals surface area contributed by atoms with Crippen LogP contribution in [0.5, 0.6) is 0 Å². The number of nitrogens with zero attached hydrogens (tertiary/aromatic N) is 7. The van der Waals surface area contributed by atoms with Crippen molar-refractivity contribution in [3.63, 3.8) is 0 Å². The highest BCUT2D eigenvalue weighted by atomic mass is 16.5. The molecule has 0 spiro atoms. The van der Waals surface area contributed by atoms with Crippen molar-refractivity contribution >= 4 is 11.7 Å². The third kappa shape index (κ3) is 3.59. The molecule has 9 nitrogen and oxygen atoms in total. The third-order valence-corrected chi connectivity index (χ3v) is 6.07. The van der Waals surface area contributed by atoms with E-state index >= 15 is 0 Å². The molecule has 0 N–H and O–H groups in total. The van der Waals surface area contributed by atoms with E-state index in [2.05, 4.69) is 32.3 Å². The minimum Gasteiger partial charge on any atom is -0.378 e. The van der Waals surface area contributed by atoms with Gasteiger partial charge in [-0.05, 0) is 42.7 Å². The fourth-order valence-electron chi connectivity index (χ4n) is 4.29. The van der Waals surface area contributed by atoms with Gasteiger partial charge in [-0.2, -0.15) is 5.26 Å². The number of benzene rings is 1. The number of ether oxygens (including phenoxy) is 1. The first-order valence-corrected chi connectivity index (χ1v) is 10.7. The zero-order chi connectivity index (χ0) is 22.1. The summed E-state index contributed by atoms with van der Waals surface area (Å²) in [5, 5.41) is 17.6. The van der Waals surface area contributed by atoms with Crippen LogP contribution in [0.4, 0.5) is 5.82 Å². The molecule has 3 aromatic rings. The van der Waals surface area contributed by atoms with E-state index in [-0.39, 0.29) is 5.91 Å². The molecule has 0 unspecified atom stereocenters. The minimum atomic E-state index is -0.0973. The highest BCUT2D eigenvalue weighted by Crippen LogP contribution is 2.28. The minimum absolute atomic E-state index is 0.0973. The molecule has 162 valence electrons. The molecule has 0 bridgehead atoms. The average molecular weight is 429 g/mol. The molecule has 2 aliphatic rings. The number of amides is 1. The molecule has 1 saturated heterocycles. The van der Waals surface area contributed by atoms with Gasteiger partial charge in [0.15, 0.2) is 5.69 Å². The molecule has 1 amide bonds. The summed E-state index contributed by atoms with van der Waals surface area (Å²) in [6.45, 7) is 5.66. The normalized spacial score (nSPS) is 15.9.